The molecule has 4 heteroatoms. The summed E-state index contributed by atoms with van der Waals surface area (Å²) in [6.07, 6.45) is 0.334. The molecule has 4 nitrogen and oxygen atoms in total. The first-order valence-electron chi connectivity index (χ1n) is 5.64. The van der Waals surface area contributed by atoms with Crippen molar-refractivity contribution in [3.8, 4) is 5.75 Å². The fraction of sp³-hybridized carbons (Fsp3) is 0.462. The quantitative estimate of drug-likeness (QED) is 0.847. The number of rotatable bonds is 5. The molecular formula is C13H16O4. The van der Waals surface area contributed by atoms with E-state index in [4.69, 9.17) is 9.47 Å². The summed E-state index contributed by atoms with van der Waals surface area (Å²) in [7, 11) is 1.59. The van der Waals surface area contributed by atoms with Crippen molar-refractivity contribution in [3.05, 3.63) is 29.8 Å². The minimum atomic E-state index is -0.859. The van der Waals surface area contributed by atoms with Crippen LogP contribution in [0.4, 0.5) is 0 Å². The Morgan fingerprint density at radius 3 is 2.59 bits per heavy atom. The van der Waals surface area contributed by atoms with Gasteiger partial charge in [-0.3, -0.25) is 4.79 Å². The number of carbonyl (C=O) groups is 1. The van der Waals surface area contributed by atoms with Crippen molar-refractivity contribution in [2.24, 2.45) is 0 Å². The third-order valence-electron chi connectivity index (χ3n) is 3.25. The Kier molecular flexibility index (Phi) is 3.07. The van der Waals surface area contributed by atoms with Crippen LogP contribution in [0.3, 0.4) is 0 Å². The summed E-state index contributed by atoms with van der Waals surface area (Å²) in [5.74, 6) is -0.0935. The molecule has 0 aromatic heterocycles. The van der Waals surface area contributed by atoms with Crippen molar-refractivity contribution in [1.82, 2.24) is 0 Å². The normalized spacial score (nSPS) is 26.6. The van der Waals surface area contributed by atoms with Gasteiger partial charge < -0.3 is 14.6 Å². The third-order valence-corrected chi connectivity index (χ3v) is 3.25. The van der Waals surface area contributed by atoms with Gasteiger partial charge in [0.05, 0.1) is 13.2 Å². The number of carboxylic acid groups (broad SMARTS) is 1. The van der Waals surface area contributed by atoms with Crippen LogP contribution in [0.2, 0.25) is 0 Å². The van der Waals surface area contributed by atoms with E-state index in [9.17, 15) is 9.90 Å². The number of hydrogen-bond acceptors (Lipinski definition) is 3. The summed E-state index contributed by atoms with van der Waals surface area (Å²) in [6, 6.07) is 7.15. The van der Waals surface area contributed by atoms with E-state index in [2.05, 4.69) is 0 Å². The number of benzene rings is 1. The zero-order valence-corrected chi connectivity index (χ0v) is 9.97. The fourth-order valence-electron chi connectivity index (χ4n) is 2.18. The molecule has 2 rings (SSSR count). The second-order valence-electron chi connectivity index (χ2n) is 4.15. The van der Waals surface area contributed by atoms with Gasteiger partial charge in [-0.25, -0.2) is 0 Å². The van der Waals surface area contributed by atoms with Crippen molar-refractivity contribution in [1.29, 1.82) is 0 Å². The predicted molar refractivity (Wildman–Crippen MR) is 62.3 cm³/mol. The van der Waals surface area contributed by atoms with Gasteiger partial charge in [-0.15, -0.1) is 0 Å². The third kappa shape index (κ3) is 1.89. The van der Waals surface area contributed by atoms with Crippen molar-refractivity contribution in [3.63, 3.8) is 0 Å². The molecule has 1 aliphatic carbocycles. The van der Waals surface area contributed by atoms with Gasteiger partial charge in [-0.1, -0.05) is 12.1 Å². The van der Waals surface area contributed by atoms with E-state index in [1.165, 1.54) is 0 Å². The zero-order valence-electron chi connectivity index (χ0n) is 9.97. The van der Waals surface area contributed by atoms with Gasteiger partial charge in [0, 0.05) is 6.61 Å². The zero-order chi connectivity index (χ0) is 12.5. The van der Waals surface area contributed by atoms with Crippen LogP contribution in [0.15, 0.2) is 24.3 Å². The number of hydrogen-bond donors (Lipinski definition) is 1. The van der Waals surface area contributed by atoms with Crippen molar-refractivity contribution in [2.45, 2.75) is 24.9 Å². The molecule has 1 saturated carbocycles. The molecule has 1 aromatic carbocycles. The van der Waals surface area contributed by atoms with E-state index >= 15 is 0 Å². The number of aliphatic carboxylic acids is 1. The predicted octanol–water partition coefficient (Wildman–Crippen LogP) is 1.83. The monoisotopic (exact) mass is 236 g/mol. The summed E-state index contributed by atoms with van der Waals surface area (Å²) in [5.41, 5.74) is -0.0771. The average molecular weight is 236 g/mol. The average Bonchev–Trinajstić information content (AvgIpc) is 3.05. The summed E-state index contributed by atoms with van der Waals surface area (Å²) < 4.78 is 10.5. The first-order valence-corrected chi connectivity index (χ1v) is 5.64. The molecule has 1 aromatic rings. The van der Waals surface area contributed by atoms with Crippen LogP contribution in [0.25, 0.3) is 0 Å². The lowest BCUT2D eigenvalue weighted by Gasteiger charge is -2.13. The first kappa shape index (κ1) is 11.9. The van der Waals surface area contributed by atoms with E-state index in [0.717, 1.165) is 11.3 Å². The lowest BCUT2D eigenvalue weighted by Crippen LogP contribution is -2.25. The Balaban J connectivity index is 2.26. The standard InChI is InChI=1S/C13H16O4/c1-3-17-11-8-13(11,12(14)15)9-4-6-10(16-2)7-5-9/h4-7,11H,3,8H2,1-2H3,(H,14,15). The van der Waals surface area contributed by atoms with Crippen molar-refractivity contribution < 1.29 is 19.4 Å². The molecule has 0 radical (unpaired) electrons. The summed E-state index contributed by atoms with van der Waals surface area (Å²) in [4.78, 5) is 11.4. The minimum Gasteiger partial charge on any atom is -0.497 e. The van der Waals surface area contributed by atoms with Gasteiger partial charge in [0.2, 0.25) is 0 Å². The molecule has 2 unspecified atom stereocenters. The maximum absolute atomic E-state index is 11.4. The molecule has 1 N–H and O–H groups in total. The minimum absolute atomic E-state index is 0.210. The van der Waals surface area contributed by atoms with Gasteiger partial charge >= 0.3 is 5.97 Å². The smallest absolute Gasteiger partial charge is 0.316 e. The second-order valence-corrected chi connectivity index (χ2v) is 4.15. The van der Waals surface area contributed by atoms with Crippen LogP contribution in [-0.4, -0.2) is 30.9 Å². The molecule has 0 saturated heterocycles. The molecule has 0 aliphatic heterocycles. The maximum Gasteiger partial charge on any atom is 0.316 e. The SMILES string of the molecule is CCOC1CC1(C(=O)O)c1ccc(OC)cc1. The number of ether oxygens (including phenoxy) is 2. The topological polar surface area (TPSA) is 55.8 Å². The van der Waals surface area contributed by atoms with Gasteiger partial charge in [0.1, 0.15) is 11.2 Å². The molecular weight excluding hydrogens is 220 g/mol. The Bertz CT molecular complexity index is 412. The van der Waals surface area contributed by atoms with Gasteiger partial charge in [0.15, 0.2) is 0 Å². The van der Waals surface area contributed by atoms with Crippen LogP contribution >= 0.6 is 0 Å². The van der Waals surface area contributed by atoms with Crippen LogP contribution in [0, 0.1) is 0 Å². The molecule has 17 heavy (non-hydrogen) atoms. The van der Waals surface area contributed by atoms with Gasteiger partial charge in [-0.2, -0.15) is 0 Å². The molecule has 92 valence electrons. The van der Waals surface area contributed by atoms with Crippen LogP contribution in [-0.2, 0) is 14.9 Å². The fourth-order valence-corrected chi connectivity index (χ4v) is 2.18. The Labute approximate surface area is 100 Å². The van der Waals surface area contributed by atoms with E-state index < -0.39 is 11.4 Å². The molecule has 1 aliphatic rings. The highest BCUT2D eigenvalue weighted by Crippen LogP contribution is 2.51. The van der Waals surface area contributed by atoms with Gasteiger partial charge in [-0.05, 0) is 31.0 Å². The Hall–Kier alpha value is -1.55. The molecule has 2 atom stereocenters. The van der Waals surface area contributed by atoms with E-state index in [1.54, 1.807) is 31.4 Å². The summed E-state index contributed by atoms with van der Waals surface area (Å²) in [5, 5.41) is 9.37. The Morgan fingerprint density at radius 1 is 1.47 bits per heavy atom. The highest BCUT2D eigenvalue weighted by atomic mass is 16.5. The molecule has 0 heterocycles. The molecule has 0 amide bonds. The lowest BCUT2D eigenvalue weighted by molar-refractivity contribution is -0.141. The highest BCUT2D eigenvalue weighted by Gasteiger charge is 2.62. The van der Waals surface area contributed by atoms with Crippen LogP contribution < -0.4 is 4.74 Å². The van der Waals surface area contributed by atoms with Crippen molar-refractivity contribution in [2.75, 3.05) is 13.7 Å². The lowest BCUT2D eigenvalue weighted by atomic mass is 9.95. The maximum atomic E-state index is 11.4. The van der Waals surface area contributed by atoms with Crippen molar-refractivity contribution >= 4 is 5.97 Å². The molecule has 0 spiro atoms. The van der Waals surface area contributed by atoms with E-state index in [0.29, 0.717) is 13.0 Å². The van der Waals surface area contributed by atoms with E-state index in [1.807, 2.05) is 6.92 Å². The van der Waals surface area contributed by atoms with Crippen LogP contribution in [0.5, 0.6) is 5.75 Å². The molecule has 1 fully saturated rings. The largest absolute Gasteiger partial charge is 0.497 e. The van der Waals surface area contributed by atoms with E-state index in [-0.39, 0.29) is 6.10 Å². The number of carboxylic acids is 1. The van der Waals surface area contributed by atoms with Crippen LogP contribution in [0.1, 0.15) is 18.9 Å². The summed E-state index contributed by atoms with van der Waals surface area (Å²) in [6.45, 7) is 2.41. The second kappa shape index (κ2) is 4.37. The first-order chi connectivity index (χ1) is 8.15. The number of methoxy groups -OCH3 is 1. The van der Waals surface area contributed by atoms with Gasteiger partial charge in [0.25, 0.3) is 0 Å². The highest BCUT2D eigenvalue weighted by molar-refractivity contribution is 5.86. The molecule has 0 bridgehead atoms. The summed E-state index contributed by atoms with van der Waals surface area (Å²) >= 11 is 0. The Morgan fingerprint density at radius 2 is 2.12 bits per heavy atom.